The predicted molar refractivity (Wildman–Crippen MR) is 90.0 cm³/mol. The van der Waals surface area contributed by atoms with Gasteiger partial charge in [0.25, 0.3) is 0 Å². The van der Waals surface area contributed by atoms with Gasteiger partial charge in [-0.1, -0.05) is 12.1 Å². The number of ether oxygens (including phenoxy) is 1. The van der Waals surface area contributed by atoms with E-state index in [-0.39, 0.29) is 29.9 Å². The summed E-state index contributed by atoms with van der Waals surface area (Å²) in [4.78, 5) is 16.5. The lowest BCUT2D eigenvalue weighted by Gasteiger charge is -2.50. The standard InChI is InChI=1S/C18H26FN3O2/c1-21(2)17-16(14-8-9-24-18(14)17)20-15(23)11-22(3)10-12-4-6-13(19)7-5-12/h4-7,14,16-18H,8-11H2,1-3H3,(H,20,23)/t14-,16+,17-,18-/m1/s1. The van der Waals surface area contributed by atoms with E-state index in [1.807, 2.05) is 26.0 Å². The minimum Gasteiger partial charge on any atom is -0.376 e. The lowest BCUT2D eigenvalue weighted by atomic mass is 9.71. The highest BCUT2D eigenvalue weighted by molar-refractivity contribution is 5.78. The molecule has 3 rings (SSSR count). The third kappa shape index (κ3) is 3.61. The molecule has 0 radical (unpaired) electrons. The molecule has 2 aliphatic rings. The van der Waals surface area contributed by atoms with E-state index in [2.05, 4.69) is 10.2 Å². The highest BCUT2D eigenvalue weighted by Gasteiger charge is 2.55. The highest BCUT2D eigenvalue weighted by atomic mass is 19.1. The van der Waals surface area contributed by atoms with Gasteiger partial charge in [-0.15, -0.1) is 0 Å². The van der Waals surface area contributed by atoms with E-state index in [9.17, 15) is 9.18 Å². The second-order valence-corrected chi connectivity index (χ2v) is 7.13. The minimum absolute atomic E-state index is 0.0295. The fourth-order valence-electron chi connectivity index (χ4n) is 3.92. The molecule has 1 aromatic carbocycles. The van der Waals surface area contributed by atoms with E-state index >= 15 is 0 Å². The summed E-state index contributed by atoms with van der Waals surface area (Å²) in [6, 6.07) is 6.80. The molecule has 1 saturated heterocycles. The van der Waals surface area contributed by atoms with Gasteiger partial charge < -0.3 is 15.0 Å². The highest BCUT2D eigenvalue weighted by Crippen LogP contribution is 2.41. The number of rotatable bonds is 6. The van der Waals surface area contributed by atoms with Gasteiger partial charge in [-0.05, 0) is 45.3 Å². The van der Waals surface area contributed by atoms with Crippen LogP contribution in [-0.4, -0.2) is 68.2 Å². The largest absolute Gasteiger partial charge is 0.376 e. The van der Waals surface area contributed by atoms with Gasteiger partial charge in [-0.3, -0.25) is 9.69 Å². The molecule has 1 saturated carbocycles. The van der Waals surface area contributed by atoms with Crippen LogP contribution in [0.4, 0.5) is 4.39 Å². The molecular weight excluding hydrogens is 309 g/mol. The number of hydrogen-bond acceptors (Lipinski definition) is 4. The third-order valence-electron chi connectivity index (χ3n) is 5.05. The van der Waals surface area contributed by atoms with Crippen molar-refractivity contribution < 1.29 is 13.9 Å². The van der Waals surface area contributed by atoms with E-state index < -0.39 is 0 Å². The molecule has 1 heterocycles. The van der Waals surface area contributed by atoms with Crippen LogP contribution >= 0.6 is 0 Å². The molecule has 0 aromatic heterocycles. The zero-order valence-electron chi connectivity index (χ0n) is 14.5. The number of hydrogen-bond donors (Lipinski definition) is 1. The Bertz CT molecular complexity index is 578. The van der Waals surface area contributed by atoms with Crippen molar-refractivity contribution in [1.29, 1.82) is 0 Å². The fourth-order valence-corrected chi connectivity index (χ4v) is 3.92. The van der Waals surface area contributed by atoms with Gasteiger partial charge in [-0.2, -0.15) is 0 Å². The van der Waals surface area contributed by atoms with Crippen LogP contribution in [-0.2, 0) is 16.1 Å². The van der Waals surface area contributed by atoms with Gasteiger partial charge in [0.1, 0.15) is 5.82 Å². The second kappa shape index (κ2) is 7.17. The monoisotopic (exact) mass is 335 g/mol. The minimum atomic E-state index is -0.243. The van der Waals surface area contributed by atoms with Crippen LogP contribution in [0.1, 0.15) is 12.0 Å². The molecule has 0 unspecified atom stereocenters. The van der Waals surface area contributed by atoms with Crippen LogP contribution in [0.2, 0.25) is 0 Å². The molecule has 24 heavy (non-hydrogen) atoms. The predicted octanol–water partition coefficient (Wildman–Crippen LogP) is 1.09. The Morgan fingerprint density at radius 3 is 2.67 bits per heavy atom. The molecule has 1 aliphatic carbocycles. The molecule has 0 bridgehead atoms. The lowest BCUT2D eigenvalue weighted by Crippen LogP contribution is -2.70. The van der Waals surface area contributed by atoms with E-state index in [1.54, 1.807) is 12.1 Å². The number of benzene rings is 1. The van der Waals surface area contributed by atoms with Crippen LogP contribution in [0.3, 0.4) is 0 Å². The maximum Gasteiger partial charge on any atom is 0.234 e. The third-order valence-corrected chi connectivity index (χ3v) is 5.05. The zero-order chi connectivity index (χ0) is 17.3. The molecular formula is C18H26FN3O2. The maximum atomic E-state index is 12.9. The molecule has 132 valence electrons. The van der Waals surface area contributed by atoms with Gasteiger partial charge in [0.15, 0.2) is 0 Å². The second-order valence-electron chi connectivity index (χ2n) is 7.13. The SMILES string of the molecule is CN(CC(=O)N[C@H]1[C@H]2CCO[C@H]2[C@@H]1N(C)C)Cc1ccc(F)cc1. The molecule has 5 nitrogen and oxygen atoms in total. The van der Waals surface area contributed by atoms with Crippen molar-refractivity contribution in [3.8, 4) is 0 Å². The molecule has 0 spiro atoms. The summed E-state index contributed by atoms with van der Waals surface area (Å²) in [5, 5.41) is 3.18. The number of likely N-dealkylation sites (N-methyl/N-ethyl adjacent to an activating group) is 2. The van der Waals surface area contributed by atoms with Crippen molar-refractivity contribution >= 4 is 5.91 Å². The van der Waals surface area contributed by atoms with Crippen LogP contribution in [0.25, 0.3) is 0 Å². The van der Waals surface area contributed by atoms with Crippen molar-refractivity contribution in [3.05, 3.63) is 35.6 Å². The number of nitrogens with zero attached hydrogens (tertiary/aromatic N) is 2. The van der Waals surface area contributed by atoms with Crippen molar-refractivity contribution in [3.63, 3.8) is 0 Å². The maximum absolute atomic E-state index is 12.9. The van der Waals surface area contributed by atoms with Crippen LogP contribution in [0.15, 0.2) is 24.3 Å². The number of carbonyl (C=O) groups is 1. The summed E-state index contributed by atoms with van der Waals surface area (Å²) in [5.41, 5.74) is 0.991. The Morgan fingerprint density at radius 2 is 2.00 bits per heavy atom. The van der Waals surface area contributed by atoms with Crippen molar-refractivity contribution in [1.82, 2.24) is 15.1 Å². The Hall–Kier alpha value is -1.50. The first-order valence-electron chi connectivity index (χ1n) is 8.46. The lowest BCUT2D eigenvalue weighted by molar-refractivity contribution is -0.128. The molecule has 1 amide bonds. The van der Waals surface area contributed by atoms with E-state index in [0.717, 1.165) is 18.6 Å². The van der Waals surface area contributed by atoms with Crippen LogP contribution in [0, 0.1) is 11.7 Å². The summed E-state index contributed by atoms with van der Waals surface area (Å²) in [5.74, 6) is 0.220. The summed E-state index contributed by atoms with van der Waals surface area (Å²) >= 11 is 0. The van der Waals surface area contributed by atoms with Crippen LogP contribution < -0.4 is 5.32 Å². The number of nitrogens with one attached hydrogen (secondary N) is 1. The topological polar surface area (TPSA) is 44.8 Å². The van der Waals surface area contributed by atoms with E-state index in [1.165, 1.54) is 12.1 Å². The molecule has 1 N–H and O–H groups in total. The number of halogens is 1. The van der Waals surface area contributed by atoms with Gasteiger partial charge in [0, 0.05) is 19.1 Å². The summed E-state index contributed by atoms with van der Waals surface area (Å²) < 4.78 is 18.7. The Morgan fingerprint density at radius 1 is 1.29 bits per heavy atom. The number of carbonyl (C=O) groups excluding carboxylic acids is 1. The van der Waals surface area contributed by atoms with Gasteiger partial charge in [-0.25, -0.2) is 4.39 Å². The number of fused-ring (bicyclic) bond motifs is 1. The Kier molecular flexibility index (Phi) is 5.18. The summed E-state index contributed by atoms with van der Waals surface area (Å²) in [7, 11) is 5.96. The summed E-state index contributed by atoms with van der Waals surface area (Å²) in [6.45, 7) is 1.73. The average Bonchev–Trinajstić information content (AvgIpc) is 2.90. The quantitative estimate of drug-likeness (QED) is 0.845. The molecule has 1 aliphatic heterocycles. The van der Waals surface area contributed by atoms with Crippen molar-refractivity contribution in [2.24, 2.45) is 5.92 Å². The van der Waals surface area contributed by atoms with Crippen LogP contribution in [0.5, 0.6) is 0 Å². The Labute approximate surface area is 142 Å². The molecule has 1 aromatic rings. The smallest absolute Gasteiger partial charge is 0.234 e. The first-order chi connectivity index (χ1) is 11.5. The van der Waals surface area contributed by atoms with E-state index in [0.29, 0.717) is 19.0 Å². The van der Waals surface area contributed by atoms with Gasteiger partial charge >= 0.3 is 0 Å². The number of amides is 1. The van der Waals surface area contributed by atoms with Crippen molar-refractivity contribution in [2.45, 2.75) is 31.2 Å². The average molecular weight is 335 g/mol. The molecule has 6 heteroatoms. The first-order valence-corrected chi connectivity index (χ1v) is 8.46. The Balaban J connectivity index is 1.50. The van der Waals surface area contributed by atoms with Gasteiger partial charge in [0.05, 0.1) is 24.7 Å². The van der Waals surface area contributed by atoms with E-state index in [4.69, 9.17) is 4.74 Å². The zero-order valence-corrected chi connectivity index (χ0v) is 14.5. The molecule has 4 atom stereocenters. The van der Waals surface area contributed by atoms with Gasteiger partial charge in [0.2, 0.25) is 5.91 Å². The normalized spacial score (nSPS) is 28.8. The fraction of sp³-hybridized carbons (Fsp3) is 0.611. The molecule has 2 fully saturated rings. The first kappa shape index (κ1) is 17.3. The summed E-state index contributed by atoms with van der Waals surface area (Å²) in [6.07, 6.45) is 1.27. The van der Waals surface area contributed by atoms with Crippen molar-refractivity contribution in [2.75, 3.05) is 34.3 Å².